The van der Waals surface area contributed by atoms with Gasteiger partial charge in [0.05, 0.1) is 0 Å². The molecule has 0 bridgehead atoms. The van der Waals surface area contributed by atoms with Gasteiger partial charge in [-0.25, -0.2) is 0 Å². The van der Waals surface area contributed by atoms with Gasteiger partial charge in [-0.15, -0.1) is 5.16 Å². The zero-order valence-corrected chi connectivity index (χ0v) is 2.60. The monoisotopic (exact) mass is 53.0 g/mol. The summed E-state index contributed by atoms with van der Waals surface area (Å²) in [5.41, 5.74) is 0. The number of hydrogen-bond acceptors (Lipinski definition) is 2. The van der Waals surface area contributed by atoms with Crippen molar-refractivity contribution in [1.82, 2.24) is 0 Å². The molecule has 0 saturated heterocycles. The molecule has 4 heavy (non-hydrogen) atoms. The van der Waals surface area contributed by atoms with Gasteiger partial charge in [-0.2, -0.15) is 0 Å². The van der Waals surface area contributed by atoms with E-state index in [1.807, 2.05) is 0 Å². The summed E-state index contributed by atoms with van der Waals surface area (Å²) >= 11 is 0. The number of hydrogen-bond donors (Lipinski definition) is 1. The van der Waals surface area contributed by atoms with Crippen molar-refractivity contribution in [2.75, 3.05) is 0 Å². The van der Waals surface area contributed by atoms with Gasteiger partial charge in [-0.1, -0.05) is 0 Å². The first-order chi connectivity index (χ1) is 1.41. The van der Waals surface area contributed by atoms with Crippen molar-refractivity contribution in [3.05, 3.63) is 0 Å². The molecule has 3 heteroatoms. The van der Waals surface area contributed by atoms with Gasteiger partial charge in [-0.05, 0) is 0 Å². The summed E-state index contributed by atoms with van der Waals surface area (Å²) in [5.74, 6) is 0. The predicted molar refractivity (Wildman–Crippen MR) is 12.4 cm³/mol. The van der Waals surface area contributed by atoms with Crippen LogP contribution >= 0.6 is 0 Å². The third-order valence-electron chi connectivity index (χ3n) is 0. The van der Waals surface area contributed by atoms with Gasteiger partial charge < -0.3 is 6.63 Å². The molecular formula is CH4LiNO. The normalized spacial score (nSPS) is 3.00. The van der Waals surface area contributed by atoms with Crippen molar-refractivity contribution < 1.29 is 25.5 Å². The fraction of sp³-hybridized carbons (Fsp3) is 0. The van der Waals surface area contributed by atoms with Crippen LogP contribution in [0, 0.1) is 0 Å². The summed E-state index contributed by atoms with van der Waals surface area (Å²) in [5, 5.41) is 9.33. The Morgan fingerprint density at radius 2 is 2.00 bits per heavy atom. The molecule has 0 fully saturated rings. The van der Waals surface area contributed by atoms with E-state index in [9.17, 15) is 0 Å². The van der Waals surface area contributed by atoms with Crippen LogP contribution < -0.4 is 18.9 Å². The van der Waals surface area contributed by atoms with Gasteiger partial charge in [0.15, 0.2) is 0 Å². The van der Waals surface area contributed by atoms with Crippen LogP contribution in [-0.2, 0) is 0 Å². The van der Waals surface area contributed by atoms with Gasteiger partial charge in [-0.3, -0.25) is 0 Å². The minimum Gasteiger partial charge on any atom is -1.00 e. The smallest absolute Gasteiger partial charge is 1.00 e. The van der Waals surface area contributed by atoms with Crippen molar-refractivity contribution in [2.24, 2.45) is 5.16 Å². The van der Waals surface area contributed by atoms with E-state index >= 15 is 0 Å². The molecule has 0 heterocycles. The second kappa shape index (κ2) is 11.5. The second-order valence-electron chi connectivity index (χ2n) is 0.141. The first-order valence-corrected chi connectivity index (χ1v) is 0.516. The van der Waals surface area contributed by atoms with E-state index < -0.39 is 0 Å². The summed E-state index contributed by atoms with van der Waals surface area (Å²) < 4.78 is 0. The first kappa shape index (κ1) is 8.95. The molecule has 0 radical (unpaired) electrons. The molecule has 1 N–H and O–H groups in total. The van der Waals surface area contributed by atoms with Crippen molar-refractivity contribution in [3.63, 3.8) is 0 Å². The van der Waals surface area contributed by atoms with E-state index in [0.717, 1.165) is 0 Å². The average Bonchev–Trinajstić information content (AvgIpc) is 0.918. The zero-order chi connectivity index (χ0) is 2.71. The van der Waals surface area contributed by atoms with E-state index in [1.54, 1.807) is 0 Å². The van der Waals surface area contributed by atoms with Crippen LogP contribution in [0.25, 0.3) is 0 Å². The maximum absolute atomic E-state index is 7.08. The van der Waals surface area contributed by atoms with Crippen LogP contribution in [-0.4, -0.2) is 11.9 Å². The minimum absolute atomic E-state index is 0. The molecule has 0 aliphatic heterocycles. The number of oxime groups is 1. The van der Waals surface area contributed by atoms with E-state index in [0.29, 0.717) is 0 Å². The van der Waals surface area contributed by atoms with Crippen LogP contribution in [0.4, 0.5) is 0 Å². The fourth-order valence-corrected chi connectivity index (χ4v) is 0. The Morgan fingerprint density at radius 3 is 2.00 bits per heavy atom. The van der Waals surface area contributed by atoms with E-state index in [4.69, 9.17) is 5.21 Å². The molecule has 0 atom stereocenters. The third-order valence-corrected chi connectivity index (χ3v) is 0. The van der Waals surface area contributed by atoms with E-state index in [2.05, 4.69) is 11.9 Å². The van der Waals surface area contributed by atoms with Crippen molar-refractivity contribution in [2.45, 2.75) is 0 Å². The molecule has 0 aliphatic rings. The largest absolute Gasteiger partial charge is 1.00 e. The van der Waals surface area contributed by atoms with Crippen molar-refractivity contribution in [1.29, 1.82) is 0 Å². The molecule has 0 aromatic heterocycles. The van der Waals surface area contributed by atoms with E-state index in [1.165, 1.54) is 0 Å². The Bertz CT molecular complexity index is 19.1. The van der Waals surface area contributed by atoms with Crippen LogP contribution in [0.5, 0.6) is 0 Å². The molecular weight excluding hydrogens is 49.0 g/mol. The van der Waals surface area contributed by atoms with Crippen molar-refractivity contribution in [3.8, 4) is 0 Å². The van der Waals surface area contributed by atoms with Gasteiger partial charge in [0.2, 0.25) is 0 Å². The van der Waals surface area contributed by atoms with Crippen molar-refractivity contribution >= 4 is 6.72 Å². The van der Waals surface area contributed by atoms with Crippen LogP contribution in [0.3, 0.4) is 0 Å². The quantitative estimate of drug-likeness (QED) is 0.137. The molecule has 0 aromatic carbocycles. The molecule has 0 rings (SSSR count). The van der Waals surface area contributed by atoms with Crippen LogP contribution in [0.1, 0.15) is 1.43 Å². The summed E-state index contributed by atoms with van der Waals surface area (Å²) in [6.07, 6.45) is 0. The molecule has 0 aromatic rings. The molecule has 0 amide bonds. The standard InChI is InChI=1S/CH3NO.Li.H/c1-2-3;;/h3H,1H2;;/q;+1;-1. The zero-order valence-electron chi connectivity index (χ0n) is 3.60. The average molecular weight is 53.0 g/mol. The third kappa shape index (κ3) is 518. The number of nitrogens with zero attached hydrogens (tertiary/aromatic N) is 1. The van der Waals surface area contributed by atoms with Crippen LogP contribution in [0.2, 0.25) is 0 Å². The first-order valence-electron chi connectivity index (χ1n) is 0.516. The van der Waals surface area contributed by atoms with Gasteiger partial charge in [0.25, 0.3) is 0 Å². The minimum atomic E-state index is 0. The molecule has 0 aliphatic carbocycles. The SMILES string of the molecule is C=NO.[H-].[Li+]. The Labute approximate surface area is 38.2 Å². The number of rotatable bonds is 0. The topological polar surface area (TPSA) is 32.6 Å². The molecule has 2 nitrogen and oxygen atoms in total. The second-order valence-corrected chi connectivity index (χ2v) is 0.141. The summed E-state index contributed by atoms with van der Waals surface area (Å²) in [6.45, 7) is 2.67. The molecule has 0 unspecified atom stereocenters. The van der Waals surface area contributed by atoms with E-state index in [-0.39, 0.29) is 20.3 Å². The maximum Gasteiger partial charge on any atom is 1.00 e. The molecule has 20 valence electrons. The predicted octanol–water partition coefficient (Wildman–Crippen LogP) is -2.81. The van der Waals surface area contributed by atoms with Gasteiger partial charge in [0, 0.05) is 6.72 Å². The Balaban J connectivity index is -0.0000000200. The van der Waals surface area contributed by atoms with Gasteiger partial charge >= 0.3 is 18.9 Å². The maximum atomic E-state index is 7.08. The van der Waals surface area contributed by atoms with Crippen LogP contribution in [0.15, 0.2) is 5.16 Å². The summed E-state index contributed by atoms with van der Waals surface area (Å²) in [6, 6.07) is 0. The van der Waals surface area contributed by atoms with Gasteiger partial charge in [0.1, 0.15) is 0 Å². The fourth-order valence-electron chi connectivity index (χ4n) is 0. The Morgan fingerprint density at radius 1 is 2.00 bits per heavy atom. The summed E-state index contributed by atoms with van der Waals surface area (Å²) in [4.78, 5) is 0. The molecule has 0 spiro atoms. The Hall–Kier alpha value is 0.0674. The molecule has 0 saturated carbocycles. The summed E-state index contributed by atoms with van der Waals surface area (Å²) in [7, 11) is 0. The Kier molecular flexibility index (Phi) is 25.8.